The minimum absolute atomic E-state index is 0.0632. The van der Waals surface area contributed by atoms with Crippen molar-refractivity contribution in [3.05, 3.63) is 77.3 Å². The van der Waals surface area contributed by atoms with E-state index in [1.807, 2.05) is 51.1 Å². The van der Waals surface area contributed by atoms with E-state index in [0.29, 0.717) is 25.0 Å². The number of carbonyl (C=O) groups is 2. The molecule has 0 aliphatic rings. The molecule has 0 fully saturated rings. The number of nitrogens with one attached hydrogen (secondary N) is 1. The number of carbonyl (C=O) groups excluding carboxylic acids is 2. The molecule has 2 amide bonds. The molecule has 0 heterocycles. The van der Waals surface area contributed by atoms with Gasteiger partial charge in [0.25, 0.3) is 10.0 Å². The lowest BCUT2D eigenvalue weighted by Gasteiger charge is -2.34. The molecule has 1 N–H and O–H groups in total. The molecule has 0 spiro atoms. The van der Waals surface area contributed by atoms with E-state index < -0.39 is 28.5 Å². The summed E-state index contributed by atoms with van der Waals surface area (Å²) in [5.74, 6) is -0.149. The van der Waals surface area contributed by atoms with Crippen LogP contribution in [-0.2, 0) is 26.0 Å². The predicted molar refractivity (Wildman–Crippen MR) is 176 cm³/mol. The zero-order valence-electron chi connectivity index (χ0n) is 26.6. The summed E-state index contributed by atoms with van der Waals surface area (Å²) in [4.78, 5) is 29.1. The average molecular weight is 660 g/mol. The van der Waals surface area contributed by atoms with Crippen LogP contribution in [0, 0.1) is 0 Å². The van der Waals surface area contributed by atoms with Crippen molar-refractivity contribution in [3.63, 3.8) is 0 Å². The van der Waals surface area contributed by atoms with Gasteiger partial charge in [-0.05, 0) is 62.1 Å². The van der Waals surface area contributed by atoms with Gasteiger partial charge in [-0.2, -0.15) is 0 Å². The van der Waals surface area contributed by atoms with Gasteiger partial charge in [0.05, 0.1) is 31.9 Å². The fraction of sp³-hybridized carbons (Fsp3) is 0.394. The lowest BCUT2D eigenvalue weighted by atomic mass is 10.1. The van der Waals surface area contributed by atoms with Gasteiger partial charge in [0.1, 0.15) is 18.3 Å². The maximum absolute atomic E-state index is 14.4. The number of anilines is 1. The summed E-state index contributed by atoms with van der Waals surface area (Å²) in [5.41, 5.74) is 1.03. The molecule has 0 radical (unpaired) electrons. The first kappa shape index (κ1) is 35.5. The van der Waals surface area contributed by atoms with Gasteiger partial charge in [0.15, 0.2) is 11.5 Å². The fourth-order valence-corrected chi connectivity index (χ4v) is 6.41. The second-order valence-electron chi connectivity index (χ2n) is 10.4. The molecule has 0 unspecified atom stereocenters. The van der Waals surface area contributed by atoms with Crippen LogP contribution >= 0.6 is 11.6 Å². The highest BCUT2D eigenvalue weighted by Gasteiger charge is 2.35. The third kappa shape index (κ3) is 8.82. The van der Waals surface area contributed by atoms with E-state index in [1.165, 1.54) is 56.6 Å². The molecule has 0 aromatic heterocycles. The Labute approximate surface area is 271 Å². The molecule has 3 aromatic rings. The molecule has 10 nitrogen and oxygen atoms in total. The highest BCUT2D eigenvalue weighted by molar-refractivity contribution is 7.92. The normalized spacial score (nSPS) is 12.5. The van der Waals surface area contributed by atoms with Gasteiger partial charge in [0.2, 0.25) is 11.8 Å². The molecule has 0 saturated heterocycles. The number of ether oxygens (including phenoxy) is 3. The molecular weight excluding hydrogens is 618 g/mol. The van der Waals surface area contributed by atoms with Crippen LogP contribution in [0.2, 0.25) is 5.02 Å². The van der Waals surface area contributed by atoms with Crippen molar-refractivity contribution in [1.29, 1.82) is 0 Å². The fourth-order valence-electron chi connectivity index (χ4n) is 4.81. The van der Waals surface area contributed by atoms with Crippen molar-refractivity contribution >= 4 is 39.1 Å². The zero-order chi connectivity index (χ0) is 33.1. The third-order valence-corrected chi connectivity index (χ3v) is 9.49. The average Bonchev–Trinajstić information content (AvgIpc) is 3.05. The number of methoxy groups -OCH3 is 3. The number of hydrogen-bond donors (Lipinski definition) is 1. The summed E-state index contributed by atoms with van der Waals surface area (Å²) in [6.45, 7) is 5.23. The van der Waals surface area contributed by atoms with E-state index in [2.05, 4.69) is 5.32 Å². The van der Waals surface area contributed by atoms with E-state index in [0.717, 1.165) is 9.87 Å². The third-order valence-electron chi connectivity index (χ3n) is 7.50. The summed E-state index contributed by atoms with van der Waals surface area (Å²) in [5, 5.41) is 3.22. The number of benzene rings is 3. The van der Waals surface area contributed by atoms with Crippen LogP contribution in [0.3, 0.4) is 0 Å². The number of halogens is 1. The monoisotopic (exact) mass is 659 g/mol. The van der Waals surface area contributed by atoms with Crippen molar-refractivity contribution in [2.75, 3.05) is 38.7 Å². The number of sulfonamides is 1. The van der Waals surface area contributed by atoms with Crippen LogP contribution in [-0.4, -0.2) is 71.6 Å². The first-order valence-electron chi connectivity index (χ1n) is 14.7. The summed E-state index contributed by atoms with van der Waals surface area (Å²) < 4.78 is 45.8. The second-order valence-corrected chi connectivity index (χ2v) is 12.7. The smallest absolute Gasteiger partial charge is 0.265 e. The first-order chi connectivity index (χ1) is 21.5. The van der Waals surface area contributed by atoms with E-state index in [4.69, 9.17) is 25.8 Å². The van der Waals surface area contributed by atoms with Crippen molar-refractivity contribution < 1.29 is 32.2 Å². The largest absolute Gasteiger partial charge is 0.495 e. The van der Waals surface area contributed by atoms with Crippen LogP contribution in [0.1, 0.15) is 39.2 Å². The van der Waals surface area contributed by atoms with E-state index in [-0.39, 0.29) is 45.6 Å². The van der Waals surface area contributed by atoms with Gasteiger partial charge < -0.3 is 24.4 Å². The van der Waals surface area contributed by atoms with Crippen LogP contribution in [0.5, 0.6) is 17.2 Å². The van der Waals surface area contributed by atoms with Crippen molar-refractivity contribution in [1.82, 2.24) is 10.2 Å². The molecule has 244 valence electrons. The summed E-state index contributed by atoms with van der Waals surface area (Å²) in [7, 11) is -0.182. The maximum atomic E-state index is 14.4. The van der Waals surface area contributed by atoms with Gasteiger partial charge in [0, 0.05) is 23.7 Å². The van der Waals surface area contributed by atoms with Crippen molar-refractivity contribution in [2.45, 2.75) is 57.0 Å². The van der Waals surface area contributed by atoms with Crippen LogP contribution < -0.4 is 23.8 Å². The van der Waals surface area contributed by atoms with Gasteiger partial charge in [-0.25, -0.2) is 8.42 Å². The molecular formula is C33H42ClN3O7S. The van der Waals surface area contributed by atoms with Crippen molar-refractivity contribution in [2.24, 2.45) is 0 Å². The minimum atomic E-state index is -4.42. The summed E-state index contributed by atoms with van der Waals surface area (Å²) >= 11 is 6.33. The minimum Gasteiger partial charge on any atom is -0.495 e. The van der Waals surface area contributed by atoms with E-state index in [1.54, 1.807) is 6.07 Å². The van der Waals surface area contributed by atoms with Crippen LogP contribution in [0.25, 0.3) is 0 Å². The Kier molecular flexibility index (Phi) is 12.9. The van der Waals surface area contributed by atoms with Gasteiger partial charge in [-0.3, -0.25) is 13.9 Å². The number of rotatable bonds is 16. The molecule has 0 bridgehead atoms. The molecule has 0 aliphatic carbocycles. The number of hydrogen-bond acceptors (Lipinski definition) is 7. The van der Waals surface area contributed by atoms with Crippen molar-refractivity contribution in [3.8, 4) is 17.2 Å². The Hall–Kier alpha value is -3.96. The highest BCUT2D eigenvalue weighted by Crippen LogP contribution is 2.37. The van der Waals surface area contributed by atoms with Gasteiger partial charge in [-0.15, -0.1) is 0 Å². The van der Waals surface area contributed by atoms with E-state index >= 15 is 0 Å². The molecule has 0 aliphatic heterocycles. The van der Waals surface area contributed by atoms with Crippen LogP contribution in [0.15, 0.2) is 71.6 Å². The Morgan fingerprint density at radius 2 is 1.51 bits per heavy atom. The molecule has 3 aromatic carbocycles. The summed E-state index contributed by atoms with van der Waals surface area (Å²) in [6, 6.07) is 17.3. The molecule has 0 saturated carbocycles. The maximum Gasteiger partial charge on any atom is 0.265 e. The standard InChI is InChI=1S/C33H42ClN3O7S/c1-7-23(3)35-33(39)27(8-2)36(19-18-24-12-10-9-11-13-24)32(38)22-37(28-20-25(34)14-16-29(28)42-4)45(40,41)26-15-17-30(43-5)31(21-26)44-6/h9-17,20-21,23,27H,7-8,18-19,22H2,1-6H3,(H,35,39)/t23-,27+/m0/s1. The van der Waals surface area contributed by atoms with Gasteiger partial charge in [-0.1, -0.05) is 55.8 Å². The summed E-state index contributed by atoms with van der Waals surface area (Å²) in [6.07, 6.45) is 1.50. The van der Waals surface area contributed by atoms with E-state index in [9.17, 15) is 18.0 Å². The topological polar surface area (TPSA) is 114 Å². The molecule has 3 rings (SSSR count). The molecule has 12 heteroatoms. The lowest BCUT2D eigenvalue weighted by molar-refractivity contribution is -0.139. The first-order valence-corrected chi connectivity index (χ1v) is 16.5. The SMILES string of the molecule is CC[C@H](C(=O)N[C@@H](C)CC)N(CCc1ccccc1)C(=O)CN(c1cc(Cl)ccc1OC)S(=O)(=O)c1ccc(OC)c(OC)c1. The predicted octanol–water partition coefficient (Wildman–Crippen LogP) is 5.33. The quantitative estimate of drug-likeness (QED) is 0.221. The number of nitrogens with zero attached hydrogens (tertiary/aromatic N) is 2. The Balaban J connectivity index is 2.13. The Morgan fingerprint density at radius 3 is 2.11 bits per heavy atom. The second kappa shape index (κ2) is 16.4. The molecule has 45 heavy (non-hydrogen) atoms. The van der Waals surface area contributed by atoms with Gasteiger partial charge >= 0.3 is 0 Å². The molecule has 2 atom stereocenters. The Bertz CT molecular complexity index is 1550. The number of amides is 2. The van der Waals surface area contributed by atoms with Crippen LogP contribution in [0.4, 0.5) is 5.69 Å². The Morgan fingerprint density at radius 1 is 0.867 bits per heavy atom. The zero-order valence-corrected chi connectivity index (χ0v) is 28.2. The highest BCUT2D eigenvalue weighted by atomic mass is 35.5. The lowest BCUT2D eigenvalue weighted by Crippen LogP contribution is -2.54.